The van der Waals surface area contributed by atoms with E-state index in [2.05, 4.69) is 43.4 Å². The van der Waals surface area contributed by atoms with E-state index in [4.69, 9.17) is 9.97 Å². The van der Waals surface area contributed by atoms with E-state index in [0.717, 1.165) is 41.9 Å². The summed E-state index contributed by atoms with van der Waals surface area (Å²) < 4.78 is 0. The second kappa shape index (κ2) is 8.16. The van der Waals surface area contributed by atoms with Crippen molar-refractivity contribution in [2.75, 3.05) is 5.32 Å². The van der Waals surface area contributed by atoms with Crippen LogP contribution in [-0.2, 0) is 30.5 Å². The molecule has 148 valence electrons. The van der Waals surface area contributed by atoms with Crippen LogP contribution < -0.4 is 5.32 Å². The SMILES string of the molecule is Cc1ccc(CC(=O)Nc2nc3c(nc2CC(C)C)-c2ccccc2CC3)cc1. The first-order valence-corrected chi connectivity index (χ1v) is 10.3. The maximum absolute atomic E-state index is 12.7. The second-order valence-corrected chi connectivity index (χ2v) is 8.28. The molecule has 29 heavy (non-hydrogen) atoms. The van der Waals surface area contributed by atoms with Crippen molar-refractivity contribution in [2.24, 2.45) is 5.92 Å². The van der Waals surface area contributed by atoms with Crippen LogP contribution in [0.15, 0.2) is 48.5 Å². The number of aryl methyl sites for hydroxylation is 3. The molecule has 1 aromatic heterocycles. The summed E-state index contributed by atoms with van der Waals surface area (Å²) in [6, 6.07) is 16.5. The first-order valence-electron chi connectivity index (χ1n) is 10.3. The van der Waals surface area contributed by atoms with Crippen molar-refractivity contribution in [3.63, 3.8) is 0 Å². The molecule has 0 fully saturated rings. The lowest BCUT2D eigenvalue weighted by atomic mass is 9.91. The van der Waals surface area contributed by atoms with E-state index in [1.165, 1.54) is 16.7 Å². The number of hydrogen-bond acceptors (Lipinski definition) is 3. The molecule has 1 heterocycles. The van der Waals surface area contributed by atoms with Gasteiger partial charge in [-0.2, -0.15) is 0 Å². The summed E-state index contributed by atoms with van der Waals surface area (Å²) in [7, 11) is 0. The Morgan fingerprint density at radius 2 is 1.79 bits per heavy atom. The highest BCUT2D eigenvalue weighted by atomic mass is 16.1. The van der Waals surface area contributed by atoms with Gasteiger partial charge in [0.1, 0.15) is 0 Å². The first kappa shape index (κ1) is 19.3. The molecule has 3 aromatic rings. The Labute approximate surface area is 172 Å². The minimum atomic E-state index is -0.0516. The van der Waals surface area contributed by atoms with Crippen molar-refractivity contribution < 1.29 is 4.79 Å². The smallest absolute Gasteiger partial charge is 0.229 e. The summed E-state index contributed by atoms with van der Waals surface area (Å²) in [6.45, 7) is 6.36. The summed E-state index contributed by atoms with van der Waals surface area (Å²) in [5.41, 5.74) is 7.49. The average molecular weight is 386 g/mol. The van der Waals surface area contributed by atoms with Crippen molar-refractivity contribution in [1.82, 2.24) is 9.97 Å². The van der Waals surface area contributed by atoms with Crippen LogP contribution in [0.25, 0.3) is 11.3 Å². The maximum Gasteiger partial charge on any atom is 0.229 e. The fourth-order valence-electron chi connectivity index (χ4n) is 3.81. The number of aromatic nitrogens is 2. The van der Waals surface area contributed by atoms with Gasteiger partial charge in [-0.25, -0.2) is 9.97 Å². The van der Waals surface area contributed by atoms with Crippen molar-refractivity contribution in [1.29, 1.82) is 0 Å². The van der Waals surface area contributed by atoms with Crippen LogP contribution in [0, 0.1) is 12.8 Å². The van der Waals surface area contributed by atoms with Crippen molar-refractivity contribution in [2.45, 2.75) is 46.5 Å². The zero-order chi connectivity index (χ0) is 20.4. The number of carbonyl (C=O) groups is 1. The molecule has 0 atom stereocenters. The third kappa shape index (κ3) is 4.37. The summed E-state index contributed by atoms with van der Waals surface area (Å²) >= 11 is 0. The lowest BCUT2D eigenvalue weighted by Gasteiger charge is -2.21. The Hall–Kier alpha value is -3.01. The van der Waals surface area contributed by atoms with Crippen molar-refractivity contribution in [3.8, 4) is 11.3 Å². The van der Waals surface area contributed by atoms with Gasteiger partial charge in [-0.1, -0.05) is 67.9 Å². The molecule has 0 spiro atoms. The first-order chi connectivity index (χ1) is 14.0. The molecule has 0 aliphatic heterocycles. The molecule has 1 amide bonds. The van der Waals surface area contributed by atoms with E-state index in [1.807, 2.05) is 31.2 Å². The zero-order valence-corrected chi connectivity index (χ0v) is 17.3. The predicted molar refractivity (Wildman–Crippen MR) is 117 cm³/mol. The van der Waals surface area contributed by atoms with E-state index in [0.29, 0.717) is 18.2 Å². The van der Waals surface area contributed by atoms with Gasteiger partial charge in [0, 0.05) is 5.56 Å². The van der Waals surface area contributed by atoms with Crippen LogP contribution in [-0.4, -0.2) is 15.9 Å². The van der Waals surface area contributed by atoms with Gasteiger partial charge in [-0.15, -0.1) is 0 Å². The van der Waals surface area contributed by atoms with Crippen molar-refractivity contribution in [3.05, 3.63) is 76.6 Å². The predicted octanol–water partition coefficient (Wildman–Crippen LogP) is 4.93. The topological polar surface area (TPSA) is 54.9 Å². The number of nitrogens with one attached hydrogen (secondary N) is 1. The molecule has 0 unspecified atom stereocenters. The van der Waals surface area contributed by atoms with E-state index in [9.17, 15) is 4.79 Å². The van der Waals surface area contributed by atoms with Gasteiger partial charge in [-0.05, 0) is 43.2 Å². The number of amides is 1. The second-order valence-electron chi connectivity index (χ2n) is 8.28. The fourth-order valence-corrected chi connectivity index (χ4v) is 3.81. The van der Waals surface area contributed by atoms with Gasteiger partial charge < -0.3 is 5.32 Å². The number of carbonyl (C=O) groups excluding carboxylic acids is 1. The van der Waals surface area contributed by atoms with Gasteiger partial charge in [0.05, 0.1) is 23.5 Å². The van der Waals surface area contributed by atoms with Gasteiger partial charge in [0.15, 0.2) is 5.82 Å². The van der Waals surface area contributed by atoms with Crippen molar-refractivity contribution >= 4 is 11.7 Å². The van der Waals surface area contributed by atoms with Crippen LogP contribution >= 0.6 is 0 Å². The molecule has 0 radical (unpaired) electrons. The number of nitrogens with zero attached hydrogens (tertiary/aromatic N) is 2. The van der Waals surface area contributed by atoms with E-state index >= 15 is 0 Å². The molecule has 1 aliphatic carbocycles. The van der Waals surface area contributed by atoms with E-state index in [-0.39, 0.29) is 5.91 Å². The monoisotopic (exact) mass is 385 g/mol. The minimum Gasteiger partial charge on any atom is -0.309 e. The van der Waals surface area contributed by atoms with Gasteiger partial charge in [0.25, 0.3) is 0 Å². The summed E-state index contributed by atoms with van der Waals surface area (Å²) in [5.74, 6) is 0.993. The van der Waals surface area contributed by atoms with Crippen LogP contribution in [0.1, 0.15) is 41.9 Å². The minimum absolute atomic E-state index is 0.0516. The number of benzene rings is 2. The van der Waals surface area contributed by atoms with E-state index in [1.54, 1.807) is 0 Å². The maximum atomic E-state index is 12.7. The van der Waals surface area contributed by atoms with Gasteiger partial charge in [0.2, 0.25) is 5.91 Å². The van der Waals surface area contributed by atoms with Crippen LogP contribution in [0.2, 0.25) is 0 Å². The molecule has 4 nitrogen and oxygen atoms in total. The van der Waals surface area contributed by atoms with Crippen LogP contribution in [0.3, 0.4) is 0 Å². The van der Waals surface area contributed by atoms with E-state index < -0.39 is 0 Å². The molecule has 1 aliphatic rings. The summed E-state index contributed by atoms with van der Waals surface area (Å²) in [5, 5.41) is 3.04. The highest BCUT2D eigenvalue weighted by Gasteiger charge is 2.22. The number of anilines is 1. The third-order valence-corrected chi connectivity index (χ3v) is 5.29. The largest absolute Gasteiger partial charge is 0.309 e. The summed E-state index contributed by atoms with van der Waals surface area (Å²) in [6.07, 6.45) is 2.92. The Morgan fingerprint density at radius 3 is 2.55 bits per heavy atom. The average Bonchev–Trinajstić information content (AvgIpc) is 2.70. The molecular weight excluding hydrogens is 358 g/mol. The number of fused-ring (bicyclic) bond motifs is 3. The molecule has 0 saturated heterocycles. The number of rotatable bonds is 5. The normalized spacial score (nSPS) is 12.4. The van der Waals surface area contributed by atoms with Gasteiger partial charge >= 0.3 is 0 Å². The summed E-state index contributed by atoms with van der Waals surface area (Å²) in [4.78, 5) is 22.5. The molecular formula is C25H27N3O. The quantitative estimate of drug-likeness (QED) is 0.677. The van der Waals surface area contributed by atoms with Crippen LogP contribution in [0.5, 0.6) is 0 Å². The molecule has 0 saturated carbocycles. The Bertz CT molecular complexity index is 1040. The molecule has 0 bridgehead atoms. The van der Waals surface area contributed by atoms with Gasteiger partial charge in [-0.3, -0.25) is 4.79 Å². The van der Waals surface area contributed by atoms with Crippen LogP contribution in [0.4, 0.5) is 5.82 Å². The third-order valence-electron chi connectivity index (χ3n) is 5.29. The highest BCUT2D eigenvalue weighted by Crippen LogP contribution is 2.33. The highest BCUT2D eigenvalue weighted by molar-refractivity contribution is 5.92. The lowest BCUT2D eigenvalue weighted by molar-refractivity contribution is -0.115. The Morgan fingerprint density at radius 1 is 1.03 bits per heavy atom. The Balaban J connectivity index is 1.64. The standard InChI is InChI=1S/C25H27N3O/c1-16(2)14-22-25(28-23(29)15-18-10-8-17(3)9-11-18)27-21-13-12-19-6-4-5-7-20(19)24(21)26-22/h4-11,16H,12-15H2,1-3H3,(H,27,28,29). The zero-order valence-electron chi connectivity index (χ0n) is 17.3. The number of hydrogen-bond donors (Lipinski definition) is 1. The lowest BCUT2D eigenvalue weighted by Crippen LogP contribution is -2.20. The Kier molecular flexibility index (Phi) is 5.43. The molecule has 4 rings (SSSR count). The molecule has 4 heteroatoms. The molecule has 2 aromatic carbocycles. The fraction of sp³-hybridized carbons (Fsp3) is 0.320. The molecule has 1 N–H and O–H groups in total.